The second kappa shape index (κ2) is 10.0. The van der Waals surface area contributed by atoms with Crippen molar-refractivity contribution in [2.45, 2.75) is 31.5 Å². The molecule has 1 amide bonds. The van der Waals surface area contributed by atoms with E-state index in [1.807, 2.05) is 36.4 Å². The first-order valence-electron chi connectivity index (χ1n) is 9.45. The summed E-state index contributed by atoms with van der Waals surface area (Å²) in [4.78, 5) is 12.2. The van der Waals surface area contributed by atoms with Gasteiger partial charge < -0.3 is 20.6 Å². The van der Waals surface area contributed by atoms with Crippen LogP contribution < -0.4 is 20.6 Å². The third-order valence-corrected chi connectivity index (χ3v) is 5.31. The van der Waals surface area contributed by atoms with E-state index in [9.17, 15) is 4.79 Å². The van der Waals surface area contributed by atoms with Crippen LogP contribution in [-0.2, 0) is 11.4 Å². The molecule has 3 N–H and O–H groups in total. The minimum atomic E-state index is -0.199. The van der Waals surface area contributed by atoms with Gasteiger partial charge in [-0.3, -0.25) is 4.79 Å². The molecule has 0 unspecified atom stereocenters. The summed E-state index contributed by atoms with van der Waals surface area (Å²) in [6.07, 6.45) is 0. The summed E-state index contributed by atoms with van der Waals surface area (Å²) in [6, 6.07) is 15.1. The Bertz CT molecular complexity index is 989. The Labute approximate surface area is 179 Å². The second-order valence-electron chi connectivity index (χ2n) is 6.82. The molecule has 0 bridgehead atoms. The lowest BCUT2D eigenvalue weighted by Crippen LogP contribution is -2.18. The van der Waals surface area contributed by atoms with Gasteiger partial charge in [0.05, 0.1) is 18.6 Å². The molecular weight excluding hydrogens is 402 g/mol. The summed E-state index contributed by atoms with van der Waals surface area (Å²) in [6.45, 7) is 4.46. The van der Waals surface area contributed by atoms with Crippen LogP contribution in [0.2, 0.25) is 0 Å². The molecule has 2 aromatic carbocycles. The number of ether oxygens (including phenoxy) is 2. The minimum Gasteiger partial charge on any atom is -0.495 e. The molecule has 0 spiro atoms. The third-order valence-electron chi connectivity index (χ3n) is 4.36. The first-order valence-corrected chi connectivity index (χ1v) is 10.4. The van der Waals surface area contributed by atoms with Crippen molar-refractivity contribution in [3.63, 3.8) is 0 Å². The summed E-state index contributed by atoms with van der Waals surface area (Å²) in [7, 11) is 1.55. The number of methoxy groups -OCH3 is 1. The molecule has 30 heavy (non-hydrogen) atoms. The van der Waals surface area contributed by atoms with Gasteiger partial charge in [0.25, 0.3) is 0 Å². The summed E-state index contributed by atoms with van der Waals surface area (Å²) in [5.74, 6) is 8.24. The lowest BCUT2D eigenvalue weighted by Gasteiger charge is -2.10. The SMILES string of the molecule is COc1ccccc1NC(=O)CSc1nnc(COc2ccc(C(C)C)cc2)n1N. The van der Waals surface area contributed by atoms with E-state index in [0.717, 1.165) is 5.75 Å². The Balaban J connectivity index is 1.53. The van der Waals surface area contributed by atoms with Crippen molar-refractivity contribution >= 4 is 23.4 Å². The molecule has 0 radical (unpaired) electrons. The van der Waals surface area contributed by atoms with Gasteiger partial charge in [0, 0.05) is 0 Å². The van der Waals surface area contributed by atoms with Crippen molar-refractivity contribution in [2.24, 2.45) is 0 Å². The molecule has 3 rings (SSSR count). The second-order valence-corrected chi connectivity index (χ2v) is 7.76. The highest BCUT2D eigenvalue weighted by molar-refractivity contribution is 7.99. The van der Waals surface area contributed by atoms with Gasteiger partial charge in [-0.1, -0.05) is 49.9 Å². The van der Waals surface area contributed by atoms with Gasteiger partial charge in [0.2, 0.25) is 11.1 Å². The van der Waals surface area contributed by atoms with Crippen molar-refractivity contribution in [3.05, 3.63) is 59.9 Å². The molecule has 158 valence electrons. The number of rotatable bonds is 9. The van der Waals surface area contributed by atoms with Crippen LogP contribution in [0, 0.1) is 0 Å². The average molecular weight is 428 g/mol. The highest BCUT2D eigenvalue weighted by atomic mass is 32.2. The molecule has 0 aliphatic rings. The number of para-hydroxylation sites is 2. The smallest absolute Gasteiger partial charge is 0.234 e. The molecular formula is C21H25N5O3S. The van der Waals surface area contributed by atoms with Gasteiger partial charge in [-0.25, -0.2) is 4.68 Å². The molecule has 1 aromatic heterocycles. The number of carbonyl (C=O) groups is 1. The highest BCUT2D eigenvalue weighted by Gasteiger charge is 2.14. The molecule has 8 nitrogen and oxygen atoms in total. The largest absolute Gasteiger partial charge is 0.495 e. The van der Waals surface area contributed by atoms with Gasteiger partial charge in [-0.15, -0.1) is 10.2 Å². The van der Waals surface area contributed by atoms with E-state index in [-0.39, 0.29) is 18.3 Å². The average Bonchev–Trinajstić information content (AvgIpc) is 3.11. The Morgan fingerprint density at radius 3 is 2.60 bits per heavy atom. The molecule has 1 heterocycles. The van der Waals surface area contributed by atoms with E-state index < -0.39 is 0 Å². The van der Waals surface area contributed by atoms with Crippen LogP contribution in [0.15, 0.2) is 53.7 Å². The molecule has 0 aliphatic heterocycles. The number of hydrogen-bond acceptors (Lipinski definition) is 7. The maximum atomic E-state index is 12.2. The fourth-order valence-corrected chi connectivity index (χ4v) is 3.34. The Morgan fingerprint density at radius 1 is 1.17 bits per heavy atom. The number of nitrogens with one attached hydrogen (secondary N) is 1. The molecule has 0 aliphatic carbocycles. The maximum absolute atomic E-state index is 12.2. The molecule has 0 fully saturated rings. The van der Waals surface area contributed by atoms with E-state index in [0.29, 0.717) is 28.3 Å². The molecule has 0 atom stereocenters. The van der Waals surface area contributed by atoms with Crippen LogP contribution in [0.5, 0.6) is 11.5 Å². The first-order chi connectivity index (χ1) is 14.5. The fraction of sp³-hybridized carbons (Fsp3) is 0.286. The normalized spacial score (nSPS) is 10.8. The van der Waals surface area contributed by atoms with E-state index in [2.05, 4.69) is 29.4 Å². The zero-order chi connectivity index (χ0) is 21.5. The van der Waals surface area contributed by atoms with E-state index in [1.54, 1.807) is 19.2 Å². The van der Waals surface area contributed by atoms with Crippen molar-refractivity contribution < 1.29 is 14.3 Å². The Morgan fingerprint density at radius 2 is 1.90 bits per heavy atom. The van der Waals surface area contributed by atoms with Crippen LogP contribution in [-0.4, -0.2) is 33.6 Å². The van der Waals surface area contributed by atoms with Crippen molar-refractivity contribution in [3.8, 4) is 11.5 Å². The van der Waals surface area contributed by atoms with Gasteiger partial charge in [-0.2, -0.15) is 0 Å². The Kier molecular flexibility index (Phi) is 7.18. The van der Waals surface area contributed by atoms with Gasteiger partial charge in [0.1, 0.15) is 18.1 Å². The van der Waals surface area contributed by atoms with E-state index >= 15 is 0 Å². The number of thioether (sulfide) groups is 1. The molecule has 9 heteroatoms. The predicted molar refractivity (Wildman–Crippen MR) is 117 cm³/mol. The van der Waals surface area contributed by atoms with E-state index in [1.165, 1.54) is 22.0 Å². The van der Waals surface area contributed by atoms with Crippen LogP contribution >= 0.6 is 11.8 Å². The lowest BCUT2D eigenvalue weighted by molar-refractivity contribution is -0.113. The van der Waals surface area contributed by atoms with Crippen LogP contribution in [0.4, 0.5) is 5.69 Å². The number of benzene rings is 2. The number of carbonyl (C=O) groups excluding carboxylic acids is 1. The molecule has 3 aromatic rings. The number of amides is 1. The standard InChI is InChI=1S/C21H25N5O3S/c1-14(2)15-8-10-16(11-9-15)29-12-19-24-25-21(26(19)22)30-13-20(27)23-17-6-4-5-7-18(17)28-3/h4-11,14H,12-13,22H2,1-3H3,(H,23,27). The fourth-order valence-electron chi connectivity index (χ4n) is 2.67. The van der Waals surface area contributed by atoms with Gasteiger partial charge in [-0.05, 0) is 35.7 Å². The number of anilines is 1. The monoisotopic (exact) mass is 427 g/mol. The number of aromatic nitrogens is 3. The number of nitrogens with zero attached hydrogens (tertiary/aromatic N) is 3. The summed E-state index contributed by atoms with van der Waals surface area (Å²) < 4.78 is 12.3. The van der Waals surface area contributed by atoms with Crippen molar-refractivity contribution in [1.29, 1.82) is 0 Å². The van der Waals surface area contributed by atoms with Gasteiger partial charge in [0.15, 0.2) is 5.82 Å². The number of nitrogens with two attached hydrogens (primary N) is 1. The maximum Gasteiger partial charge on any atom is 0.234 e. The number of hydrogen-bond donors (Lipinski definition) is 2. The Hall–Kier alpha value is -3.20. The zero-order valence-electron chi connectivity index (χ0n) is 17.2. The number of nitrogen functional groups attached to an aromatic ring is 1. The van der Waals surface area contributed by atoms with Crippen molar-refractivity contribution in [2.75, 3.05) is 24.0 Å². The quantitative estimate of drug-likeness (QED) is 0.398. The summed E-state index contributed by atoms with van der Waals surface area (Å²) in [5, 5.41) is 11.3. The topological polar surface area (TPSA) is 104 Å². The van der Waals surface area contributed by atoms with Gasteiger partial charge >= 0.3 is 0 Å². The summed E-state index contributed by atoms with van der Waals surface area (Å²) >= 11 is 1.19. The minimum absolute atomic E-state index is 0.130. The molecule has 0 saturated heterocycles. The zero-order valence-corrected chi connectivity index (χ0v) is 18.0. The molecule has 0 saturated carbocycles. The van der Waals surface area contributed by atoms with Crippen LogP contribution in [0.25, 0.3) is 0 Å². The highest BCUT2D eigenvalue weighted by Crippen LogP contribution is 2.24. The lowest BCUT2D eigenvalue weighted by atomic mass is 10.0. The van der Waals surface area contributed by atoms with Crippen molar-refractivity contribution in [1.82, 2.24) is 14.9 Å². The summed E-state index contributed by atoms with van der Waals surface area (Å²) in [5.41, 5.74) is 1.85. The van der Waals surface area contributed by atoms with E-state index in [4.69, 9.17) is 15.3 Å². The van der Waals surface area contributed by atoms with Crippen LogP contribution in [0.3, 0.4) is 0 Å². The third kappa shape index (κ3) is 5.44. The predicted octanol–water partition coefficient (Wildman–Crippen LogP) is 3.43. The van der Waals surface area contributed by atoms with Crippen LogP contribution in [0.1, 0.15) is 31.2 Å². The first kappa shape index (κ1) is 21.5.